The lowest BCUT2D eigenvalue weighted by atomic mass is 10.1. The van der Waals surface area contributed by atoms with Gasteiger partial charge in [0.1, 0.15) is 40.5 Å². The number of furan rings is 1. The van der Waals surface area contributed by atoms with Gasteiger partial charge in [0.15, 0.2) is 0 Å². The van der Waals surface area contributed by atoms with Crippen LogP contribution >= 0.6 is 0 Å². The summed E-state index contributed by atoms with van der Waals surface area (Å²) in [5.74, 6) is 0.136. The van der Waals surface area contributed by atoms with Crippen LogP contribution in [0.15, 0.2) is 82.5 Å². The van der Waals surface area contributed by atoms with E-state index < -0.39 is 11.9 Å². The van der Waals surface area contributed by atoms with Crippen LogP contribution in [0.5, 0.6) is 11.5 Å². The monoisotopic (exact) mass is 481 g/mol. The van der Waals surface area contributed by atoms with Crippen molar-refractivity contribution in [1.82, 2.24) is 5.32 Å². The molecule has 0 bridgehead atoms. The highest BCUT2D eigenvalue weighted by Crippen LogP contribution is 2.18. The minimum absolute atomic E-state index is 0.0906. The maximum atomic E-state index is 12.5. The highest BCUT2D eigenvalue weighted by Gasteiger charge is 2.13. The van der Waals surface area contributed by atoms with Gasteiger partial charge in [0.05, 0.1) is 19.4 Å². The number of esters is 1. The van der Waals surface area contributed by atoms with Gasteiger partial charge in [-0.1, -0.05) is 31.2 Å². The highest BCUT2D eigenvalue weighted by atomic mass is 16.5. The molecule has 0 saturated carbocycles. The molecule has 0 saturated heterocycles. The third kappa shape index (κ3) is 7.47. The molecule has 0 spiro atoms. The Morgan fingerprint density at radius 1 is 0.917 bits per heavy atom. The van der Waals surface area contributed by atoms with E-state index in [1.807, 2.05) is 19.1 Å². The molecule has 0 fully saturated rings. The van der Waals surface area contributed by atoms with Crippen LogP contribution in [0, 0.1) is 22.7 Å². The number of nitrogens with zero attached hydrogens (tertiary/aromatic N) is 2. The minimum Gasteiger partial charge on any atom is -0.494 e. The number of amides is 1. The Labute approximate surface area is 208 Å². The highest BCUT2D eigenvalue weighted by molar-refractivity contribution is 6.01. The molecule has 3 rings (SSSR count). The summed E-state index contributed by atoms with van der Waals surface area (Å²) in [6, 6.07) is 20.3. The van der Waals surface area contributed by atoms with Gasteiger partial charge in [-0.25, -0.2) is 4.79 Å². The van der Waals surface area contributed by atoms with Crippen LogP contribution < -0.4 is 14.8 Å². The van der Waals surface area contributed by atoms with Crippen LogP contribution in [0.2, 0.25) is 0 Å². The third-order valence-corrected chi connectivity index (χ3v) is 4.77. The van der Waals surface area contributed by atoms with Crippen molar-refractivity contribution in [2.24, 2.45) is 0 Å². The topological polar surface area (TPSA) is 125 Å². The molecule has 0 radical (unpaired) electrons. The summed E-state index contributed by atoms with van der Waals surface area (Å²) in [6.07, 6.45) is 5.24. The van der Waals surface area contributed by atoms with Gasteiger partial charge in [0, 0.05) is 0 Å². The molecule has 1 heterocycles. The lowest BCUT2D eigenvalue weighted by molar-refractivity contribution is -0.129. The molecular formula is C28H23N3O5. The van der Waals surface area contributed by atoms with Crippen LogP contribution in [0.1, 0.15) is 30.2 Å². The van der Waals surface area contributed by atoms with E-state index in [4.69, 9.17) is 13.9 Å². The van der Waals surface area contributed by atoms with Crippen LogP contribution in [-0.4, -0.2) is 18.5 Å². The zero-order valence-corrected chi connectivity index (χ0v) is 19.6. The summed E-state index contributed by atoms with van der Waals surface area (Å²) in [5, 5.41) is 21.4. The first kappa shape index (κ1) is 25.5. The number of ether oxygens (including phenoxy) is 2. The fourth-order valence-corrected chi connectivity index (χ4v) is 2.97. The normalized spacial score (nSPS) is 11.2. The summed E-state index contributed by atoms with van der Waals surface area (Å²) in [7, 11) is 0. The summed E-state index contributed by atoms with van der Waals surface area (Å²) < 4.78 is 16.0. The van der Waals surface area contributed by atoms with Crippen molar-refractivity contribution < 1.29 is 23.5 Å². The van der Waals surface area contributed by atoms with Gasteiger partial charge >= 0.3 is 5.97 Å². The van der Waals surface area contributed by atoms with E-state index in [2.05, 4.69) is 5.32 Å². The Morgan fingerprint density at radius 3 is 2.08 bits per heavy atom. The molecule has 180 valence electrons. The Kier molecular flexibility index (Phi) is 9.20. The van der Waals surface area contributed by atoms with E-state index in [1.54, 1.807) is 48.5 Å². The number of nitriles is 2. The summed E-state index contributed by atoms with van der Waals surface area (Å²) >= 11 is 0. The van der Waals surface area contributed by atoms with Gasteiger partial charge in [0.2, 0.25) is 0 Å². The molecule has 8 nitrogen and oxygen atoms in total. The van der Waals surface area contributed by atoms with E-state index in [0.717, 1.165) is 6.42 Å². The molecule has 2 aromatic carbocycles. The second-order valence-electron chi connectivity index (χ2n) is 7.48. The quantitative estimate of drug-likeness (QED) is 0.191. The van der Waals surface area contributed by atoms with Crippen LogP contribution in [0.25, 0.3) is 12.2 Å². The number of carbonyl (C=O) groups excluding carboxylic acids is 2. The van der Waals surface area contributed by atoms with Crippen LogP contribution in [0.3, 0.4) is 0 Å². The molecule has 0 aliphatic rings. The first-order valence-corrected chi connectivity index (χ1v) is 11.1. The molecule has 1 amide bonds. The van der Waals surface area contributed by atoms with Gasteiger partial charge in [-0.3, -0.25) is 4.79 Å². The van der Waals surface area contributed by atoms with E-state index in [0.29, 0.717) is 29.2 Å². The zero-order chi connectivity index (χ0) is 25.8. The molecule has 1 N–H and O–H groups in total. The van der Waals surface area contributed by atoms with Gasteiger partial charge in [-0.05, 0) is 66.1 Å². The largest absolute Gasteiger partial charge is 0.494 e. The number of hydrogen-bond donors (Lipinski definition) is 1. The predicted octanol–water partition coefficient (Wildman–Crippen LogP) is 4.80. The van der Waals surface area contributed by atoms with Crippen LogP contribution in [0.4, 0.5) is 0 Å². The van der Waals surface area contributed by atoms with E-state index >= 15 is 0 Å². The number of benzene rings is 2. The molecule has 0 aliphatic carbocycles. The standard InChI is InChI=1S/C28H23N3O5/c1-2-13-34-24-9-5-21(6-10-24)16-23(18-30)28(33)36-25-11-7-20(8-12-25)15-22(17-29)27(32)31-19-26-4-3-14-35-26/h3-12,14-16H,2,13,19H2,1H3,(H,31,32)/b22-15+,23-16+. The van der Waals surface area contributed by atoms with Crippen molar-refractivity contribution in [3.8, 4) is 23.6 Å². The Morgan fingerprint density at radius 2 is 1.53 bits per heavy atom. The van der Waals surface area contributed by atoms with Gasteiger partial charge in [-0.2, -0.15) is 10.5 Å². The second-order valence-corrected chi connectivity index (χ2v) is 7.48. The first-order valence-electron chi connectivity index (χ1n) is 11.1. The Balaban J connectivity index is 1.62. The van der Waals surface area contributed by atoms with Crippen LogP contribution in [-0.2, 0) is 16.1 Å². The fourth-order valence-electron chi connectivity index (χ4n) is 2.97. The number of hydrogen-bond acceptors (Lipinski definition) is 7. The average molecular weight is 482 g/mol. The SMILES string of the molecule is CCCOc1ccc(/C=C(\C#N)C(=O)Oc2ccc(/C=C(\C#N)C(=O)NCc3ccco3)cc2)cc1. The maximum absolute atomic E-state index is 12.5. The molecule has 1 aromatic heterocycles. The number of nitrogens with one attached hydrogen (secondary N) is 1. The van der Waals surface area contributed by atoms with Crippen molar-refractivity contribution >= 4 is 24.0 Å². The van der Waals surface area contributed by atoms with Crippen molar-refractivity contribution in [3.63, 3.8) is 0 Å². The van der Waals surface area contributed by atoms with Crippen molar-refractivity contribution in [3.05, 3.63) is 95.0 Å². The van der Waals surface area contributed by atoms with E-state index in [-0.39, 0.29) is 23.4 Å². The minimum atomic E-state index is -0.804. The first-order chi connectivity index (χ1) is 17.5. The number of rotatable bonds is 10. The number of carbonyl (C=O) groups is 2. The molecule has 36 heavy (non-hydrogen) atoms. The van der Waals surface area contributed by atoms with Gasteiger partial charge < -0.3 is 19.2 Å². The average Bonchev–Trinajstić information content (AvgIpc) is 3.43. The second kappa shape index (κ2) is 13.0. The Bertz CT molecular complexity index is 1320. The summed E-state index contributed by atoms with van der Waals surface area (Å²) in [5.41, 5.74) is 0.955. The smallest absolute Gasteiger partial charge is 0.354 e. The zero-order valence-electron chi connectivity index (χ0n) is 19.6. The van der Waals surface area contributed by atoms with Gasteiger partial charge in [-0.15, -0.1) is 0 Å². The summed E-state index contributed by atoms with van der Waals surface area (Å²) in [6.45, 7) is 2.78. The predicted molar refractivity (Wildman–Crippen MR) is 132 cm³/mol. The lowest BCUT2D eigenvalue weighted by Crippen LogP contribution is -2.23. The molecule has 0 atom stereocenters. The van der Waals surface area contributed by atoms with Crippen molar-refractivity contribution in [2.75, 3.05) is 6.61 Å². The molecule has 8 heteroatoms. The van der Waals surface area contributed by atoms with Gasteiger partial charge in [0.25, 0.3) is 5.91 Å². The lowest BCUT2D eigenvalue weighted by Gasteiger charge is -2.06. The van der Waals surface area contributed by atoms with Crippen molar-refractivity contribution in [1.29, 1.82) is 10.5 Å². The third-order valence-electron chi connectivity index (χ3n) is 4.77. The van der Waals surface area contributed by atoms with E-state index in [1.165, 1.54) is 30.5 Å². The molecule has 0 aliphatic heterocycles. The maximum Gasteiger partial charge on any atom is 0.354 e. The molecule has 3 aromatic rings. The Hall–Kier alpha value is -5.08. The summed E-state index contributed by atoms with van der Waals surface area (Å²) in [4.78, 5) is 24.7. The fraction of sp³-hybridized carbons (Fsp3) is 0.143. The molecule has 0 unspecified atom stereocenters. The van der Waals surface area contributed by atoms with Crippen molar-refractivity contribution in [2.45, 2.75) is 19.9 Å². The molecular weight excluding hydrogens is 458 g/mol. The van der Waals surface area contributed by atoms with E-state index in [9.17, 15) is 20.1 Å².